The van der Waals surface area contributed by atoms with Gasteiger partial charge in [0.1, 0.15) is 38.3 Å². The Bertz CT molecular complexity index is 824. The first-order valence-corrected chi connectivity index (χ1v) is 11.4. The lowest BCUT2D eigenvalue weighted by molar-refractivity contribution is -1.02. The van der Waals surface area contributed by atoms with Gasteiger partial charge in [-0.15, -0.1) is 0 Å². The Morgan fingerprint density at radius 3 is 2.22 bits per heavy atom. The van der Waals surface area contributed by atoms with Gasteiger partial charge in [-0.05, 0) is 50.5 Å². The first-order chi connectivity index (χ1) is 14.5. The number of benzene rings is 2. The van der Waals surface area contributed by atoms with Crippen LogP contribution in [0.4, 0.5) is 0 Å². The topological polar surface area (TPSA) is 35.2 Å². The molecule has 1 fully saturated rings. The number of hydrogen-bond donors (Lipinski definition) is 2. The number of nitrogens with one attached hydrogen (secondary N) is 2. The van der Waals surface area contributed by atoms with E-state index in [0.29, 0.717) is 12.5 Å². The van der Waals surface area contributed by atoms with Crippen LogP contribution in [0, 0.1) is 13.8 Å². The van der Waals surface area contributed by atoms with Crippen LogP contribution in [0.5, 0.6) is 0 Å². The van der Waals surface area contributed by atoms with E-state index in [-0.39, 0.29) is 36.7 Å². The Kier molecular flexibility index (Phi) is 12.5. The monoisotopic (exact) mass is 480 g/mol. The summed E-state index contributed by atoms with van der Waals surface area (Å²) in [5, 5.41) is 0. The standard InChI is InChI=1S/C26H36N2O2.2ClH/c1-5-30-26(23-9-7-6-8-10-23)22(4)28-17-15-27(16-18-28)14-13-25(29)24-12-11-20(2)21(3)19-24;;/h6-12,19,22,26H,5,13-18H2,1-4H3;2*1H. The number of hydrogen-bond acceptors (Lipinski definition) is 2. The molecule has 0 spiro atoms. The van der Waals surface area contributed by atoms with Crippen LogP contribution >= 0.6 is 0 Å². The molecule has 1 aliphatic rings. The van der Waals surface area contributed by atoms with Crippen molar-refractivity contribution >= 4 is 5.78 Å². The Morgan fingerprint density at radius 2 is 1.62 bits per heavy atom. The van der Waals surface area contributed by atoms with E-state index in [1.54, 1.807) is 9.80 Å². The fraction of sp³-hybridized carbons (Fsp3) is 0.500. The molecule has 2 aromatic carbocycles. The Hall–Kier alpha value is -1.43. The van der Waals surface area contributed by atoms with E-state index in [1.165, 1.54) is 16.7 Å². The smallest absolute Gasteiger partial charge is 0.168 e. The van der Waals surface area contributed by atoms with Crippen molar-refractivity contribution in [1.29, 1.82) is 0 Å². The molecule has 0 saturated carbocycles. The molecule has 0 bridgehead atoms. The van der Waals surface area contributed by atoms with Crippen molar-refractivity contribution in [3.63, 3.8) is 0 Å². The van der Waals surface area contributed by atoms with Gasteiger partial charge in [0.15, 0.2) is 5.78 Å². The fourth-order valence-corrected chi connectivity index (χ4v) is 4.55. The van der Waals surface area contributed by atoms with Crippen LogP contribution in [0.25, 0.3) is 0 Å². The highest BCUT2D eigenvalue weighted by Gasteiger charge is 2.33. The number of halogens is 2. The average molecular weight is 482 g/mol. The Morgan fingerprint density at radius 1 is 0.969 bits per heavy atom. The minimum Gasteiger partial charge on any atom is -1.00 e. The molecule has 2 unspecified atom stereocenters. The molecule has 32 heavy (non-hydrogen) atoms. The summed E-state index contributed by atoms with van der Waals surface area (Å²) in [5.74, 6) is 0.272. The van der Waals surface area contributed by atoms with Gasteiger partial charge in [-0.1, -0.05) is 42.5 Å². The van der Waals surface area contributed by atoms with E-state index in [1.807, 2.05) is 12.1 Å². The second kappa shape index (κ2) is 14.0. The lowest BCUT2D eigenvalue weighted by Gasteiger charge is -2.36. The van der Waals surface area contributed by atoms with Crippen LogP contribution in [0.2, 0.25) is 0 Å². The lowest BCUT2D eigenvalue weighted by atomic mass is 10.0. The summed E-state index contributed by atoms with van der Waals surface area (Å²) in [6, 6.07) is 17.1. The zero-order valence-corrected chi connectivity index (χ0v) is 21.3. The molecular weight excluding hydrogens is 443 g/mol. The normalized spacial score (nSPS) is 19.9. The minimum atomic E-state index is 0. The van der Waals surface area contributed by atoms with Gasteiger partial charge in [-0.3, -0.25) is 4.79 Å². The number of ketones is 1. The van der Waals surface area contributed by atoms with Gasteiger partial charge in [0.2, 0.25) is 0 Å². The quantitative estimate of drug-likeness (QED) is 0.357. The molecule has 1 aliphatic heterocycles. The number of carbonyl (C=O) groups is 1. The van der Waals surface area contributed by atoms with Crippen LogP contribution in [-0.4, -0.2) is 51.2 Å². The number of aryl methyl sites for hydroxylation is 2. The highest BCUT2D eigenvalue weighted by atomic mass is 35.5. The van der Waals surface area contributed by atoms with Crippen molar-refractivity contribution in [1.82, 2.24) is 0 Å². The highest BCUT2D eigenvalue weighted by molar-refractivity contribution is 5.96. The van der Waals surface area contributed by atoms with Gasteiger partial charge < -0.3 is 39.4 Å². The molecule has 6 heteroatoms. The van der Waals surface area contributed by atoms with Crippen molar-refractivity contribution in [3.8, 4) is 0 Å². The zero-order chi connectivity index (χ0) is 21.5. The lowest BCUT2D eigenvalue weighted by Crippen LogP contribution is -3.29. The van der Waals surface area contributed by atoms with Gasteiger partial charge in [-0.25, -0.2) is 0 Å². The third-order valence-corrected chi connectivity index (χ3v) is 6.71. The first-order valence-electron chi connectivity index (χ1n) is 11.4. The Balaban J connectivity index is 0.00000256. The van der Waals surface area contributed by atoms with E-state index in [4.69, 9.17) is 4.74 Å². The molecule has 4 nitrogen and oxygen atoms in total. The van der Waals surface area contributed by atoms with Crippen molar-refractivity contribution in [2.45, 2.75) is 46.3 Å². The molecule has 1 heterocycles. The summed E-state index contributed by atoms with van der Waals surface area (Å²) in [5.41, 5.74) is 4.57. The molecular formula is C26H38Cl2N2O2. The van der Waals surface area contributed by atoms with E-state index in [9.17, 15) is 4.79 Å². The van der Waals surface area contributed by atoms with Crippen molar-refractivity contribution in [3.05, 3.63) is 70.8 Å². The number of Topliss-reactive ketones (excluding diaryl/α,β-unsaturated/α-hetero) is 1. The second-order valence-corrected chi connectivity index (χ2v) is 8.71. The van der Waals surface area contributed by atoms with E-state index in [2.05, 4.69) is 64.1 Å². The average Bonchev–Trinajstić information content (AvgIpc) is 2.78. The molecule has 1 saturated heterocycles. The van der Waals surface area contributed by atoms with E-state index < -0.39 is 0 Å². The number of quaternary nitrogens is 2. The zero-order valence-electron chi connectivity index (χ0n) is 19.8. The van der Waals surface area contributed by atoms with Crippen molar-refractivity contribution in [2.75, 3.05) is 39.3 Å². The van der Waals surface area contributed by atoms with Crippen LogP contribution in [0.15, 0.2) is 48.5 Å². The van der Waals surface area contributed by atoms with Gasteiger partial charge in [0, 0.05) is 12.2 Å². The summed E-state index contributed by atoms with van der Waals surface area (Å²) in [7, 11) is 0. The predicted molar refractivity (Wildman–Crippen MR) is 121 cm³/mol. The van der Waals surface area contributed by atoms with Gasteiger partial charge in [-0.2, -0.15) is 0 Å². The second-order valence-electron chi connectivity index (χ2n) is 8.71. The predicted octanol–water partition coefficient (Wildman–Crippen LogP) is -4.17. The highest BCUT2D eigenvalue weighted by Crippen LogP contribution is 2.19. The number of ether oxygens (including phenoxy) is 1. The summed E-state index contributed by atoms with van der Waals surface area (Å²) >= 11 is 0. The molecule has 178 valence electrons. The maximum Gasteiger partial charge on any atom is 0.168 e. The third-order valence-electron chi connectivity index (χ3n) is 6.71. The summed E-state index contributed by atoms with van der Waals surface area (Å²) in [6.45, 7) is 14.7. The summed E-state index contributed by atoms with van der Waals surface area (Å²) < 4.78 is 6.14. The summed E-state index contributed by atoms with van der Waals surface area (Å²) in [6.07, 6.45) is 0.771. The largest absolute Gasteiger partial charge is 1.00 e. The van der Waals surface area contributed by atoms with Gasteiger partial charge >= 0.3 is 0 Å². The number of rotatable bonds is 9. The molecule has 0 amide bonds. The van der Waals surface area contributed by atoms with Crippen LogP contribution in [0.1, 0.15) is 53.4 Å². The van der Waals surface area contributed by atoms with Gasteiger partial charge in [0.05, 0.1) is 13.0 Å². The molecule has 0 aromatic heterocycles. The molecule has 0 aliphatic carbocycles. The van der Waals surface area contributed by atoms with Gasteiger partial charge in [0.25, 0.3) is 0 Å². The first kappa shape index (κ1) is 28.6. The number of carbonyl (C=O) groups excluding carboxylic acids is 1. The van der Waals surface area contributed by atoms with Crippen LogP contribution < -0.4 is 34.6 Å². The van der Waals surface area contributed by atoms with Crippen molar-refractivity contribution < 1.29 is 44.1 Å². The molecule has 2 atom stereocenters. The van der Waals surface area contributed by atoms with E-state index in [0.717, 1.165) is 44.9 Å². The molecule has 3 rings (SSSR count). The summed E-state index contributed by atoms with van der Waals surface area (Å²) in [4.78, 5) is 15.8. The van der Waals surface area contributed by atoms with Crippen LogP contribution in [-0.2, 0) is 4.74 Å². The SMILES string of the molecule is CCOC(c1ccccc1)C(C)[NH+]1CC[NH+](CCC(=O)c2ccc(C)c(C)c2)CC1.[Cl-].[Cl-]. The molecule has 2 aromatic rings. The fourth-order valence-electron chi connectivity index (χ4n) is 4.55. The number of piperazine rings is 1. The maximum atomic E-state index is 12.6. The van der Waals surface area contributed by atoms with E-state index >= 15 is 0 Å². The third kappa shape index (κ3) is 7.57. The molecule has 2 N–H and O–H groups in total. The minimum absolute atomic E-state index is 0. The molecule has 0 radical (unpaired) electrons. The Labute approximate surface area is 206 Å². The van der Waals surface area contributed by atoms with Crippen molar-refractivity contribution in [2.24, 2.45) is 0 Å². The maximum absolute atomic E-state index is 12.6. The van der Waals surface area contributed by atoms with Crippen LogP contribution in [0.3, 0.4) is 0 Å².